The number of rotatable bonds is 6. The van der Waals surface area contributed by atoms with Gasteiger partial charge in [0.2, 0.25) is 0 Å². The molecule has 0 saturated heterocycles. The molecule has 1 aromatic heterocycles. The number of nitrogens with one attached hydrogen (secondary N) is 1. The van der Waals surface area contributed by atoms with Gasteiger partial charge in [-0.3, -0.25) is 0 Å². The van der Waals surface area contributed by atoms with Gasteiger partial charge in [-0.25, -0.2) is 4.98 Å². The van der Waals surface area contributed by atoms with Crippen molar-refractivity contribution in [1.82, 2.24) is 14.9 Å². The van der Waals surface area contributed by atoms with E-state index in [1.165, 1.54) is 5.52 Å². The lowest BCUT2D eigenvalue weighted by Gasteiger charge is -2.21. The van der Waals surface area contributed by atoms with E-state index in [1.807, 2.05) is 30.6 Å². The van der Waals surface area contributed by atoms with Gasteiger partial charge < -0.3 is 19.4 Å². The quantitative estimate of drug-likeness (QED) is 0.709. The second kappa shape index (κ2) is 6.93. The molecule has 0 unspecified atom stereocenters. The predicted octanol–water partition coefficient (Wildman–Crippen LogP) is 2.99. The van der Waals surface area contributed by atoms with Crippen LogP contribution < -0.4 is 14.8 Å². The van der Waals surface area contributed by atoms with Gasteiger partial charge in [0.05, 0.1) is 17.4 Å². The number of imidazole rings is 1. The predicted molar refractivity (Wildman–Crippen MR) is 93.5 cm³/mol. The van der Waals surface area contributed by atoms with Crippen LogP contribution in [-0.2, 0) is 13.1 Å². The van der Waals surface area contributed by atoms with Gasteiger partial charge in [0, 0.05) is 18.7 Å². The highest BCUT2D eigenvalue weighted by Crippen LogP contribution is 2.33. The van der Waals surface area contributed by atoms with Crippen LogP contribution in [0, 0.1) is 0 Å². The minimum absolute atomic E-state index is 0.623. The Balaban J connectivity index is 1.29. The van der Waals surface area contributed by atoms with Crippen molar-refractivity contribution in [3.8, 4) is 11.5 Å². The summed E-state index contributed by atoms with van der Waals surface area (Å²) in [6, 6.07) is 14.3. The summed E-state index contributed by atoms with van der Waals surface area (Å²) in [5, 5.41) is 3.49. The number of benzene rings is 2. The lowest BCUT2D eigenvalue weighted by molar-refractivity contribution is 0.169. The highest BCUT2D eigenvalue weighted by Gasteiger charge is 2.14. The maximum Gasteiger partial charge on any atom is 0.165 e. The number of nitrogens with zero attached hydrogens (tertiary/aromatic N) is 2. The summed E-state index contributed by atoms with van der Waals surface area (Å²) >= 11 is 0. The zero-order valence-corrected chi connectivity index (χ0v) is 13.6. The fourth-order valence-electron chi connectivity index (χ4n) is 3.06. The van der Waals surface area contributed by atoms with Gasteiger partial charge in [-0.15, -0.1) is 0 Å². The number of aromatic nitrogens is 2. The molecule has 0 radical (unpaired) electrons. The van der Waals surface area contributed by atoms with Crippen molar-refractivity contribution in [3.63, 3.8) is 0 Å². The first-order chi connectivity index (χ1) is 11.9. The molecule has 0 saturated carbocycles. The van der Waals surface area contributed by atoms with E-state index in [4.69, 9.17) is 9.47 Å². The molecule has 1 aliphatic heterocycles. The van der Waals surface area contributed by atoms with Crippen LogP contribution >= 0.6 is 0 Å². The molecule has 2 aromatic carbocycles. The third-order valence-electron chi connectivity index (χ3n) is 4.24. The molecule has 124 valence electrons. The van der Waals surface area contributed by atoms with E-state index in [2.05, 4.69) is 33.1 Å². The van der Waals surface area contributed by atoms with Crippen LogP contribution in [-0.4, -0.2) is 29.3 Å². The van der Waals surface area contributed by atoms with Gasteiger partial charge in [-0.2, -0.15) is 0 Å². The number of aryl methyl sites for hydroxylation is 1. The number of ether oxygens (including phenoxy) is 2. The molecule has 2 heterocycles. The van der Waals surface area contributed by atoms with Crippen molar-refractivity contribution in [1.29, 1.82) is 0 Å². The molecule has 5 nitrogen and oxygen atoms in total. The summed E-state index contributed by atoms with van der Waals surface area (Å²) in [6.07, 6.45) is 2.97. The average Bonchev–Trinajstić information content (AvgIpc) is 3.05. The van der Waals surface area contributed by atoms with Gasteiger partial charge in [-0.1, -0.05) is 24.3 Å². The summed E-state index contributed by atoms with van der Waals surface area (Å²) < 4.78 is 13.6. The lowest BCUT2D eigenvalue weighted by Crippen LogP contribution is -2.20. The Kier molecular flexibility index (Phi) is 4.34. The van der Waals surface area contributed by atoms with E-state index in [0.29, 0.717) is 13.2 Å². The number of hydrogen-bond acceptors (Lipinski definition) is 4. The van der Waals surface area contributed by atoms with Crippen molar-refractivity contribution in [2.45, 2.75) is 19.5 Å². The van der Waals surface area contributed by atoms with Crippen LogP contribution in [0.5, 0.6) is 11.5 Å². The van der Waals surface area contributed by atoms with E-state index in [0.717, 1.165) is 48.6 Å². The summed E-state index contributed by atoms with van der Waals surface area (Å²) in [4.78, 5) is 4.43. The van der Waals surface area contributed by atoms with Crippen molar-refractivity contribution in [2.75, 3.05) is 19.8 Å². The van der Waals surface area contributed by atoms with Crippen molar-refractivity contribution in [3.05, 3.63) is 54.4 Å². The standard InChI is InChI=1S/C19H21N3O2/c1-2-7-17-16(6-1)21-14-22(17)10-4-9-20-13-15-5-3-8-18-19(15)24-12-11-23-18/h1-3,5-8,14,20H,4,9-13H2. The maximum atomic E-state index is 5.74. The molecule has 0 bridgehead atoms. The lowest BCUT2D eigenvalue weighted by atomic mass is 10.1. The Morgan fingerprint density at radius 2 is 1.96 bits per heavy atom. The van der Waals surface area contributed by atoms with E-state index in [-0.39, 0.29) is 0 Å². The Morgan fingerprint density at radius 3 is 2.96 bits per heavy atom. The molecule has 0 spiro atoms. The van der Waals surface area contributed by atoms with Crippen molar-refractivity contribution < 1.29 is 9.47 Å². The first-order valence-corrected chi connectivity index (χ1v) is 8.40. The molecule has 1 N–H and O–H groups in total. The molecule has 24 heavy (non-hydrogen) atoms. The second-order valence-corrected chi connectivity index (χ2v) is 5.90. The largest absolute Gasteiger partial charge is 0.486 e. The molecule has 3 aromatic rings. The van der Waals surface area contributed by atoms with E-state index in [1.54, 1.807) is 0 Å². The number of hydrogen-bond donors (Lipinski definition) is 1. The SMILES string of the molecule is c1cc(CNCCCn2cnc3ccccc32)c2c(c1)OCCO2. The van der Waals surface area contributed by atoms with E-state index < -0.39 is 0 Å². The first kappa shape index (κ1) is 15.0. The molecule has 4 rings (SSSR count). The van der Waals surface area contributed by atoms with Crippen molar-refractivity contribution >= 4 is 11.0 Å². The Hall–Kier alpha value is -2.53. The van der Waals surface area contributed by atoms with E-state index >= 15 is 0 Å². The minimum Gasteiger partial charge on any atom is -0.486 e. The van der Waals surface area contributed by atoms with Gasteiger partial charge in [0.1, 0.15) is 13.2 Å². The van der Waals surface area contributed by atoms with Crippen LogP contribution in [0.1, 0.15) is 12.0 Å². The average molecular weight is 323 g/mol. The van der Waals surface area contributed by atoms with Gasteiger partial charge in [0.15, 0.2) is 11.5 Å². The maximum absolute atomic E-state index is 5.74. The highest BCUT2D eigenvalue weighted by molar-refractivity contribution is 5.74. The van der Waals surface area contributed by atoms with Crippen LogP contribution in [0.3, 0.4) is 0 Å². The fraction of sp³-hybridized carbons (Fsp3) is 0.316. The second-order valence-electron chi connectivity index (χ2n) is 5.90. The molecular weight excluding hydrogens is 302 g/mol. The first-order valence-electron chi connectivity index (χ1n) is 8.40. The Bertz CT molecular complexity index is 828. The third kappa shape index (κ3) is 3.08. The van der Waals surface area contributed by atoms with Crippen LogP contribution in [0.15, 0.2) is 48.8 Å². The van der Waals surface area contributed by atoms with Crippen LogP contribution in [0.25, 0.3) is 11.0 Å². The Labute approximate surface area is 141 Å². The molecule has 0 fully saturated rings. The normalized spacial score (nSPS) is 13.3. The summed E-state index contributed by atoms with van der Waals surface area (Å²) in [5.74, 6) is 1.74. The minimum atomic E-state index is 0.623. The molecule has 1 aliphatic rings. The third-order valence-corrected chi connectivity index (χ3v) is 4.24. The Morgan fingerprint density at radius 1 is 1.04 bits per heavy atom. The molecule has 0 amide bonds. The van der Waals surface area contributed by atoms with E-state index in [9.17, 15) is 0 Å². The molecule has 0 atom stereocenters. The number of para-hydroxylation sites is 3. The van der Waals surface area contributed by atoms with Crippen molar-refractivity contribution in [2.24, 2.45) is 0 Å². The zero-order valence-electron chi connectivity index (χ0n) is 13.6. The van der Waals surface area contributed by atoms with Gasteiger partial charge in [-0.05, 0) is 31.2 Å². The summed E-state index contributed by atoms with van der Waals surface area (Å²) in [5.41, 5.74) is 3.40. The smallest absolute Gasteiger partial charge is 0.165 e. The monoisotopic (exact) mass is 323 g/mol. The fourth-order valence-corrected chi connectivity index (χ4v) is 3.06. The van der Waals surface area contributed by atoms with Crippen LogP contribution in [0.4, 0.5) is 0 Å². The molecule has 0 aliphatic carbocycles. The highest BCUT2D eigenvalue weighted by atomic mass is 16.6. The molecular formula is C19H21N3O2. The summed E-state index contributed by atoms with van der Waals surface area (Å²) in [6.45, 7) is 3.94. The summed E-state index contributed by atoms with van der Waals surface area (Å²) in [7, 11) is 0. The van der Waals surface area contributed by atoms with Gasteiger partial charge >= 0.3 is 0 Å². The topological polar surface area (TPSA) is 48.3 Å². The zero-order chi connectivity index (χ0) is 16.2. The van der Waals surface area contributed by atoms with Crippen LogP contribution in [0.2, 0.25) is 0 Å². The van der Waals surface area contributed by atoms with Gasteiger partial charge in [0.25, 0.3) is 0 Å². The number of fused-ring (bicyclic) bond motifs is 2. The molecule has 5 heteroatoms.